The molecule has 2 atom stereocenters. The SMILES string of the molecule is C=C1CCCCC/C=C2/CCCCC2=C1c1cc(C)cc(-c2cc(OC)ccc2O[C@H](C)CC(C)Oc2ccc(OC)cc2-c2cc(C)cc(-c3c4c(cc5c3CCCC5)CCCC4)c2O)c1O. The van der Waals surface area contributed by atoms with Crippen LogP contribution in [0.5, 0.6) is 34.5 Å². The summed E-state index contributed by atoms with van der Waals surface area (Å²) in [5.41, 5.74) is 19.0. The summed E-state index contributed by atoms with van der Waals surface area (Å²) in [4.78, 5) is 0. The number of rotatable bonds is 12. The lowest BCUT2D eigenvalue weighted by Crippen LogP contribution is -2.23. The molecule has 5 aromatic rings. The standard InChI is InChI=1S/C62H72O6/c1-38-30-53(61(63)55(32-38)59-40(3)18-10-8-9-11-19-43-20-12-15-23-48(43)59)51-36-46(65-6)26-28-57(51)67-41(4)34-42(5)68-58-29-27-47(66-7)37-52(58)54-31-39(2)33-56(62(54)64)60-49-24-16-13-21-44(49)35-45-22-14-17-25-50(45)60/h19,26-33,35-37,41-42,63-64H,3,8-18,20-25,34H2,1-2,4-7H3/b43-19-,59-48?/t41-,42?/m1/s1. The van der Waals surface area contributed by atoms with E-state index in [-0.39, 0.29) is 23.7 Å². The Morgan fingerprint density at radius 2 is 1.03 bits per heavy atom. The van der Waals surface area contributed by atoms with E-state index in [9.17, 15) is 10.2 Å². The fourth-order valence-electron chi connectivity index (χ4n) is 11.8. The molecule has 0 bridgehead atoms. The van der Waals surface area contributed by atoms with Crippen molar-refractivity contribution in [2.24, 2.45) is 0 Å². The second-order valence-corrected chi connectivity index (χ2v) is 20.2. The smallest absolute Gasteiger partial charge is 0.131 e. The number of aryl methyl sites for hydroxylation is 4. The molecule has 0 spiro atoms. The fourth-order valence-corrected chi connectivity index (χ4v) is 11.8. The van der Waals surface area contributed by atoms with E-state index in [0.717, 1.165) is 114 Å². The first-order chi connectivity index (χ1) is 33.0. The number of fused-ring (bicyclic) bond motifs is 3. The molecule has 4 aliphatic rings. The predicted octanol–water partition coefficient (Wildman–Crippen LogP) is 15.9. The molecule has 2 N–H and O–H groups in total. The molecule has 0 radical (unpaired) electrons. The van der Waals surface area contributed by atoms with E-state index >= 15 is 0 Å². The molecule has 0 saturated heterocycles. The summed E-state index contributed by atoms with van der Waals surface area (Å²) in [6, 6.07) is 22.6. The summed E-state index contributed by atoms with van der Waals surface area (Å²) in [6.07, 6.45) is 21.5. The topological polar surface area (TPSA) is 77.4 Å². The Hall–Kier alpha value is -5.88. The molecule has 6 heteroatoms. The van der Waals surface area contributed by atoms with Gasteiger partial charge in [-0.25, -0.2) is 0 Å². The van der Waals surface area contributed by atoms with E-state index < -0.39 is 0 Å². The van der Waals surface area contributed by atoms with Crippen molar-refractivity contribution in [1.29, 1.82) is 0 Å². The molecule has 68 heavy (non-hydrogen) atoms. The fraction of sp³-hybridized carbons (Fsp3) is 0.419. The Labute approximate surface area is 405 Å². The van der Waals surface area contributed by atoms with Crippen LogP contribution in [0, 0.1) is 13.8 Å². The number of benzene rings is 5. The van der Waals surface area contributed by atoms with Crippen molar-refractivity contribution < 1.29 is 29.2 Å². The Morgan fingerprint density at radius 3 is 1.62 bits per heavy atom. The van der Waals surface area contributed by atoms with Crippen molar-refractivity contribution in [3.63, 3.8) is 0 Å². The third-order valence-corrected chi connectivity index (χ3v) is 15.0. The minimum Gasteiger partial charge on any atom is -0.507 e. The monoisotopic (exact) mass is 913 g/mol. The lowest BCUT2D eigenvalue weighted by molar-refractivity contribution is 0.131. The van der Waals surface area contributed by atoms with Crippen molar-refractivity contribution in [3.05, 3.63) is 135 Å². The molecular formula is C62H72O6. The van der Waals surface area contributed by atoms with Crippen LogP contribution in [-0.2, 0) is 25.7 Å². The molecular weight excluding hydrogens is 841 g/mol. The van der Waals surface area contributed by atoms with Gasteiger partial charge in [0.25, 0.3) is 0 Å². The van der Waals surface area contributed by atoms with Gasteiger partial charge in [0.1, 0.15) is 34.5 Å². The Balaban J connectivity index is 1.02. The van der Waals surface area contributed by atoms with Crippen LogP contribution in [0.15, 0.2) is 96.1 Å². The van der Waals surface area contributed by atoms with Gasteiger partial charge >= 0.3 is 0 Å². The lowest BCUT2D eigenvalue weighted by Gasteiger charge is -2.29. The highest BCUT2D eigenvalue weighted by molar-refractivity contribution is 5.92. The average Bonchev–Trinajstić information content (AvgIpc) is 3.34. The van der Waals surface area contributed by atoms with Gasteiger partial charge in [0.2, 0.25) is 0 Å². The minimum atomic E-state index is -0.266. The van der Waals surface area contributed by atoms with Crippen molar-refractivity contribution in [2.45, 2.75) is 155 Å². The molecule has 6 nitrogen and oxygen atoms in total. The van der Waals surface area contributed by atoms with Crippen LogP contribution in [0.4, 0.5) is 0 Å². The first-order valence-corrected chi connectivity index (χ1v) is 25.7. The summed E-state index contributed by atoms with van der Waals surface area (Å²) in [6.45, 7) is 13.0. The molecule has 356 valence electrons. The molecule has 0 aromatic heterocycles. The largest absolute Gasteiger partial charge is 0.507 e. The quantitative estimate of drug-likeness (QED) is 0.130. The van der Waals surface area contributed by atoms with Crippen molar-refractivity contribution in [2.75, 3.05) is 14.2 Å². The van der Waals surface area contributed by atoms with Gasteiger partial charge < -0.3 is 29.2 Å². The molecule has 5 aromatic carbocycles. The molecule has 4 aliphatic carbocycles. The van der Waals surface area contributed by atoms with Gasteiger partial charge in [-0.15, -0.1) is 0 Å². The molecule has 0 amide bonds. The van der Waals surface area contributed by atoms with Gasteiger partial charge in [-0.3, -0.25) is 0 Å². The summed E-state index contributed by atoms with van der Waals surface area (Å²) >= 11 is 0. The zero-order chi connectivity index (χ0) is 47.5. The highest BCUT2D eigenvalue weighted by Crippen LogP contribution is 2.50. The van der Waals surface area contributed by atoms with Crippen LogP contribution < -0.4 is 18.9 Å². The van der Waals surface area contributed by atoms with E-state index in [4.69, 9.17) is 18.9 Å². The van der Waals surface area contributed by atoms with Crippen molar-refractivity contribution in [1.82, 2.24) is 0 Å². The Bertz CT molecular complexity index is 2730. The number of allylic oxidation sites excluding steroid dienone is 5. The summed E-state index contributed by atoms with van der Waals surface area (Å²) in [7, 11) is 3.35. The highest BCUT2D eigenvalue weighted by Gasteiger charge is 2.29. The lowest BCUT2D eigenvalue weighted by atomic mass is 9.76. The molecule has 1 unspecified atom stereocenters. The maximum atomic E-state index is 12.5. The normalized spacial score (nSPS) is 18.0. The van der Waals surface area contributed by atoms with Gasteiger partial charge in [-0.05, 0) is 252 Å². The number of hydrogen-bond acceptors (Lipinski definition) is 6. The highest BCUT2D eigenvalue weighted by atomic mass is 16.5. The Morgan fingerprint density at radius 1 is 0.529 bits per heavy atom. The van der Waals surface area contributed by atoms with Crippen LogP contribution >= 0.6 is 0 Å². The average molecular weight is 913 g/mol. The third-order valence-electron chi connectivity index (χ3n) is 15.0. The number of phenols is 2. The van der Waals surface area contributed by atoms with Gasteiger partial charge in [-0.1, -0.05) is 25.1 Å². The number of ether oxygens (including phenoxy) is 4. The maximum absolute atomic E-state index is 12.5. The van der Waals surface area contributed by atoms with Gasteiger partial charge in [-0.2, -0.15) is 0 Å². The first kappa shape index (κ1) is 47.2. The van der Waals surface area contributed by atoms with Gasteiger partial charge in [0.05, 0.1) is 26.4 Å². The van der Waals surface area contributed by atoms with Crippen LogP contribution in [0.3, 0.4) is 0 Å². The van der Waals surface area contributed by atoms with E-state index in [2.05, 4.69) is 70.7 Å². The predicted molar refractivity (Wildman–Crippen MR) is 279 cm³/mol. The van der Waals surface area contributed by atoms with Crippen LogP contribution in [0.1, 0.15) is 143 Å². The Kier molecular flexibility index (Phi) is 14.4. The summed E-state index contributed by atoms with van der Waals surface area (Å²) in [5, 5.41) is 25.0. The molecule has 1 saturated carbocycles. The molecule has 0 aliphatic heterocycles. The van der Waals surface area contributed by atoms with Crippen LogP contribution in [0.25, 0.3) is 39.0 Å². The number of aromatic hydroxyl groups is 2. The zero-order valence-corrected chi connectivity index (χ0v) is 41.5. The summed E-state index contributed by atoms with van der Waals surface area (Å²) < 4.78 is 25.3. The van der Waals surface area contributed by atoms with Crippen molar-refractivity contribution in [3.8, 4) is 67.9 Å². The number of hydrogen-bond donors (Lipinski definition) is 2. The maximum Gasteiger partial charge on any atom is 0.131 e. The molecule has 1 fully saturated rings. The van der Waals surface area contributed by atoms with E-state index in [1.807, 2.05) is 36.4 Å². The molecule has 9 rings (SSSR count). The van der Waals surface area contributed by atoms with Crippen LogP contribution in [-0.4, -0.2) is 36.6 Å². The minimum absolute atomic E-state index is 0.241. The summed E-state index contributed by atoms with van der Waals surface area (Å²) in [5.74, 6) is 3.24. The zero-order valence-electron chi connectivity index (χ0n) is 41.5. The third kappa shape index (κ3) is 9.84. The number of methoxy groups -OCH3 is 2. The van der Waals surface area contributed by atoms with Crippen LogP contribution in [0.2, 0.25) is 0 Å². The number of phenolic OH excluding ortho intramolecular Hbond substituents is 2. The van der Waals surface area contributed by atoms with Crippen molar-refractivity contribution >= 4 is 5.57 Å². The molecule has 0 heterocycles. The van der Waals surface area contributed by atoms with E-state index in [0.29, 0.717) is 35.0 Å². The van der Waals surface area contributed by atoms with E-state index in [1.165, 1.54) is 83.9 Å². The second kappa shape index (κ2) is 20.8. The van der Waals surface area contributed by atoms with E-state index in [1.54, 1.807) is 14.2 Å². The first-order valence-electron chi connectivity index (χ1n) is 25.7. The van der Waals surface area contributed by atoms with Gasteiger partial charge in [0.15, 0.2) is 0 Å². The second-order valence-electron chi connectivity index (χ2n) is 20.2. The van der Waals surface area contributed by atoms with Gasteiger partial charge in [0, 0.05) is 39.8 Å².